The van der Waals surface area contributed by atoms with Gasteiger partial charge in [0.25, 0.3) is 0 Å². The van der Waals surface area contributed by atoms with Crippen molar-refractivity contribution in [2.24, 2.45) is 0 Å². The third kappa shape index (κ3) is 4.75. The van der Waals surface area contributed by atoms with Gasteiger partial charge >= 0.3 is 12.1 Å². The van der Waals surface area contributed by atoms with Crippen LogP contribution in [0.25, 0.3) is 0 Å². The molecule has 0 aliphatic carbocycles. The smallest absolute Gasteiger partial charge is 0.411 e. The summed E-state index contributed by atoms with van der Waals surface area (Å²) in [7, 11) is 0. The molecule has 7 heteroatoms. The van der Waals surface area contributed by atoms with Crippen LogP contribution >= 0.6 is 0 Å². The highest BCUT2D eigenvalue weighted by atomic mass is 16.6. The number of hydrogen-bond acceptors (Lipinski definition) is 4. The molecule has 0 radical (unpaired) electrons. The Morgan fingerprint density at radius 3 is 2.50 bits per heavy atom. The monoisotopic (exact) mass is 311 g/mol. The maximum Gasteiger partial charge on any atom is 0.411 e. The Morgan fingerprint density at radius 2 is 2.05 bits per heavy atom. The highest BCUT2D eigenvalue weighted by Gasteiger charge is 2.34. The van der Waals surface area contributed by atoms with Crippen LogP contribution in [0.3, 0.4) is 0 Å². The fraction of sp³-hybridized carbons (Fsp3) is 0.667. The van der Waals surface area contributed by atoms with E-state index in [9.17, 15) is 14.7 Å². The number of likely N-dealkylation sites (N-methyl/N-ethyl adjacent to an activating group) is 1. The highest BCUT2D eigenvalue weighted by Crippen LogP contribution is 2.23. The molecular formula is C15H25N3O4. The lowest BCUT2D eigenvalue weighted by atomic mass is 10.1. The first-order valence-corrected chi connectivity index (χ1v) is 7.44. The van der Waals surface area contributed by atoms with Gasteiger partial charge in [0, 0.05) is 24.8 Å². The lowest BCUT2D eigenvalue weighted by Gasteiger charge is -2.30. The summed E-state index contributed by atoms with van der Waals surface area (Å²) in [4.78, 5) is 25.1. The third-order valence-electron chi connectivity index (χ3n) is 2.94. The second kappa shape index (κ2) is 7.29. The standard InChI is InChI=1S/C15H25N3O4/c1-6-8-17-10-11(9-16-17)12(13(19)20)18(7-2)14(21)22-15(3,4)5/h9-10,12H,6-8H2,1-5H3,(H,19,20). The molecule has 1 amide bonds. The van der Waals surface area contributed by atoms with Gasteiger partial charge < -0.3 is 9.84 Å². The molecule has 7 nitrogen and oxygen atoms in total. The van der Waals surface area contributed by atoms with Crippen LogP contribution in [0.2, 0.25) is 0 Å². The van der Waals surface area contributed by atoms with Gasteiger partial charge in [0.1, 0.15) is 5.60 Å². The zero-order chi connectivity index (χ0) is 16.9. The van der Waals surface area contributed by atoms with E-state index in [0.29, 0.717) is 12.1 Å². The Bertz CT molecular complexity index is 519. The minimum Gasteiger partial charge on any atom is -0.479 e. The highest BCUT2D eigenvalue weighted by molar-refractivity contribution is 5.81. The largest absolute Gasteiger partial charge is 0.479 e. The molecule has 1 unspecified atom stereocenters. The van der Waals surface area contributed by atoms with Crippen LogP contribution in [0.5, 0.6) is 0 Å². The number of aryl methyl sites for hydroxylation is 1. The Labute approximate surface area is 130 Å². The van der Waals surface area contributed by atoms with E-state index in [4.69, 9.17) is 4.74 Å². The van der Waals surface area contributed by atoms with E-state index in [-0.39, 0.29) is 6.54 Å². The summed E-state index contributed by atoms with van der Waals surface area (Å²) in [6.45, 7) is 9.89. The van der Waals surface area contributed by atoms with Crippen molar-refractivity contribution in [1.82, 2.24) is 14.7 Å². The van der Waals surface area contributed by atoms with Gasteiger partial charge in [-0.2, -0.15) is 5.10 Å². The lowest BCUT2D eigenvalue weighted by molar-refractivity contribution is -0.143. The number of carbonyl (C=O) groups excluding carboxylic acids is 1. The zero-order valence-electron chi connectivity index (χ0n) is 13.9. The van der Waals surface area contributed by atoms with Crippen molar-refractivity contribution in [3.05, 3.63) is 18.0 Å². The molecule has 0 bridgehead atoms. The first kappa shape index (κ1) is 18.0. The molecule has 1 rings (SSSR count). The predicted octanol–water partition coefficient (Wildman–Crippen LogP) is 2.68. The van der Waals surface area contributed by atoms with Gasteiger partial charge in [0.15, 0.2) is 6.04 Å². The van der Waals surface area contributed by atoms with Gasteiger partial charge in [0.2, 0.25) is 0 Å². The summed E-state index contributed by atoms with van der Waals surface area (Å²) in [5.74, 6) is -1.11. The van der Waals surface area contributed by atoms with Crippen molar-refractivity contribution in [1.29, 1.82) is 0 Å². The van der Waals surface area contributed by atoms with Crippen LogP contribution in [0.15, 0.2) is 12.4 Å². The van der Waals surface area contributed by atoms with Gasteiger partial charge in [-0.15, -0.1) is 0 Å². The number of carbonyl (C=O) groups is 2. The number of aliphatic carboxylic acids is 1. The maximum atomic E-state index is 12.3. The van der Waals surface area contributed by atoms with Crippen molar-refractivity contribution >= 4 is 12.1 Å². The number of amides is 1. The minimum absolute atomic E-state index is 0.227. The van der Waals surface area contributed by atoms with Crippen LogP contribution in [-0.2, 0) is 16.1 Å². The Balaban J connectivity index is 3.05. The Hall–Kier alpha value is -2.05. The molecule has 22 heavy (non-hydrogen) atoms. The summed E-state index contributed by atoms with van der Waals surface area (Å²) in [6, 6.07) is -1.11. The fourth-order valence-corrected chi connectivity index (χ4v) is 2.07. The first-order chi connectivity index (χ1) is 10.2. The molecule has 0 aliphatic heterocycles. The van der Waals surface area contributed by atoms with Crippen molar-refractivity contribution in [3.63, 3.8) is 0 Å². The van der Waals surface area contributed by atoms with E-state index in [1.54, 1.807) is 38.6 Å². The first-order valence-electron chi connectivity index (χ1n) is 7.44. The van der Waals surface area contributed by atoms with Crippen molar-refractivity contribution < 1.29 is 19.4 Å². The van der Waals surface area contributed by atoms with E-state index < -0.39 is 23.7 Å². The predicted molar refractivity (Wildman–Crippen MR) is 81.5 cm³/mol. The van der Waals surface area contributed by atoms with E-state index in [1.807, 2.05) is 6.92 Å². The Kier molecular flexibility index (Phi) is 5.96. The van der Waals surface area contributed by atoms with Gasteiger partial charge in [-0.3, -0.25) is 9.58 Å². The number of aromatic nitrogens is 2. The second-order valence-electron chi connectivity index (χ2n) is 6.04. The summed E-state index contributed by atoms with van der Waals surface area (Å²) in [5.41, 5.74) is -0.214. The minimum atomic E-state index is -1.11. The number of carboxylic acid groups (broad SMARTS) is 1. The van der Waals surface area contributed by atoms with E-state index in [1.165, 1.54) is 11.1 Å². The van der Waals surface area contributed by atoms with Crippen LogP contribution < -0.4 is 0 Å². The average molecular weight is 311 g/mol. The molecule has 1 atom stereocenters. The van der Waals surface area contributed by atoms with Gasteiger partial charge in [-0.1, -0.05) is 6.92 Å². The zero-order valence-corrected chi connectivity index (χ0v) is 13.9. The quantitative estimate of drug-likeness (QED) is 0.873. The second-order valence-corrected chi connectivity index (χ2v) is 6.04. The lowest BCUT2D eigenvalue weighted by Crippen LogP contribution is -2.42. The Morgan fingerprint density at radius 1 is 1.41 bits per heavy atom. The summed E-state index contributed by atoms with van der Waals surface area (Å²) in [6.07, 6.45) is 3.39. The summed E-state index contributed by atoms with van der Waals surface area (Å²) >= 11 is 0. The molecular weight excluding hydrogens is 286 g/mol. The maximum absolute atomic E-state index is 12.3. The van der Waals surface area contributed by atoms with Crippen LogP contribution in [0, 0.1) is 0 Å². The summed E-state index contributed by atoms with van der Waals surface area (Å²) in [5, 5.41) is 13.7. The molecule has 124 valence electrons. The van der Waals surface area contributed by atoms with Crippen LogP contribution in [0.4, 0.5) is 4.79 Å². The molecule has 0 fully saturated rings. The third-order valence-corrected chi connectivity index (χ3v) is 2.94. The molecule has 1 aromatic rings. The SMILES string of the molecule is CCCn1cc(C(C(=O)O)N(CC)C(=O)OC(C)(C)C)cn1. The number of ether oxygens (including phenoxy) is 1. The van der Waals surface area contributed by atoms with Crippen molar-refractivity contribution in [2.75, 3.05) is 6.54 Å². The van der Waals surface area contributed by atoms with E-state index in [2.05, 4.69) is 5.10 Å². The van der Waals surface area contributed by atoms with Gasteiger partial charge in [0.05, 0.1) is 6.20 Å². The molecule has 1 N–H and O–H groups in total. The number of hydrogen-bond donors (Lipinski definition) is 1. The van der Waals surface area contributed by atoms with Crippen molar-refractivity contribution in [2.45, 2.75) is 59.2 Å². The van der Waals surface area contributed by atoms with E-state index >= 15 is 0 Å². The number of nitrogens with zero attached hydrogens (tertiary/aromatic N) is 3. The van der Waals surface area contributed by atoms with Crippen molar-refractivity contribution in [3.8, 4) is 0 Å². The summed E-state index contributed by atoms with van der Waals surface area (Å²) < 4.78 is 6.97. The van der Waals surface area contributed by atoms with Crippen LogP contribution in [-0.4, -0.2) is 44.0 Å². The molecule has 0 aliphatic rings. The topological polar surface area (TPSA) is 84.7 Å². The molecule has 0 spiro atoms. The molecule has 0 aromatic carbocycles. The number of carboxylic acids is 1. The average Bonchev–Trinajstić information content (AvgIpc) is 2.81. The van der Waals surface area contributed by atoms with Gasteiger partial charge in [-0.25, -0.2) is 9.59 Å². The number of rotatable bonds is 6. The van der Waals surface area contributed by atoms with E-state index in [0.717, 1.165) is 6.42 Å². The normalized spacial score (nSPS) is 12.8. The molecule has 1 aromatic heterocycles. The van der Waals surface area contributed by atoms with Gasteiger partial charge in [-0.05, 0) is 34.1 Å². The van der Waals surface area contributed by atoms with Crippen LogP contribution in [0.1, 0.15) is 52.6 Å². The fourth-order valence-electron chi connectivity index (χ4n) is 2.07. The molecule has 0 saturated heterocycles. The molecule has 0 saturated carbocycles. The molecule has 1 heterocycles.